The minimum atomic E-state index is -0.911. The summed E-state index contributed by atoms with van der Waals surface area (Å²) < 4.78 is 32.6. The van der Waals surface area contributed by atoms with Crippen LogP contribution in [0.15, 0.2) is 30.3 Å². The minimum Gasteiger partial charge on any atom is -0.491 e. The standard InChI is InChI=1S/C17H19F2NO/c1-10-7-11(2)12(3)16(8-10)21-9-15(20)13-5-4-6-14(18)17(13)19/h4-8,15H,9,20H2,1-3H3. The summed E-state index contributed by atoms with van der Waals surface area (Å²) in [5, 5.41) is 0. The summed E-state index contributed by atoms with van der Waals surface area (Å²) in [4.78, 5) is 0. The molecule has 21 heavy (non-hydrogen) atoms. The normalized spacial score (nSPS) is 12.3. The Bertz CT molecular complexity index is 655. The van der Waals surface area contributed by atoms with Gasteiger partial charge in [-0.25, -0.2) is 8.78 Å². The molecule has 0 aromatic heterocycles. The van der Waals surface area contributed by atoms with Crippen LogP contribution >= 0.6 is 0 Å². The van der Waals surface area contributed by atoms with Crippen LogP contribution in [0.3, 0.4) is 0 Å². The summed E-state index contributed by atoms with van der Waals surface area (Å²) in [7, 11) is 0. The molecule has 0 heterocycles. The molecule has 0 fully saturated rings. The fourth-order valence-corrected chi connectivity index (χ4v) is 2.23. The minimum absolute atomic E-state index is 0.0874. The molecule has 0 radical (unpaired) electrons. The molecule has 1 unspecified atom stereocenters. The molecule has 0 saturated heterocycles. The van der Waals surface area contributed by atoms with Gasteiger partial charge in [-0.15, -0.1) is 0 Å². The summed E-state index contributed by atoms with van der Waals surface area (Å²) in [6, 6.07) is 7.24. The van der Waals surface area contributed by atoms with Crippen molar-refractivity contribution in [2.75, 3.05) is 6.61 Å². The molecule has 2 nitrogen and oxygen atoms in total. The summed E-state index contributed by atoms with van der Waals surface area (Å²) in [5.74, 6) is -1.09. The van der Waals surface area contributed by atoms with Crippen LogP contribution in [0, 0.1) is 32.4 Å². The van der Waals surface area contributed by atoms with E-state index < -0.39 is 17.7 Å². The van der Waals surface area contributed by atoms with Gasteiger partial charge in [0.1, 0.15) is 12.4 Å². The van der Waals surface area contributed by atoms with Crippen LogP contribution in [0.2, 0.25) is 0 Å². The molecule has 0 spiro atoms. The molecular weight excluding hydrogens is 272 g/mol. The van der Waals surface area contributed by atoms with E-state index in [1.807, 2.05) is 26.8 Å². The molecule has 0 amide bonds. The average molecular weight is 291 g/mol. The van der Waals surface area contributed by atoms with Crippen LogP contribution in [0.25, 0.3) is 0 Å². The van der Waals surface area contributed by atoms with Crippen molar-refractivity contribution in [2.24, 2.45) is 5.73 Å². The van der Waals surface area contributed by atoms with Crippen molar-refractivity contribution in [2.45, 2.75) is 26.8 Å². The lowest BCUT2D eigenvalue weighted by Gasteiger charge is -2.17. The van der Waals surface area contributed by atoms with Gasteiger partial charge in [-0.2, -0.15) is 0 Å². The first-order chi connectivity index (χ1) is 9.90. The summed E-state index contributed by atoms with van der Waals surface area (Å²) in [6.45, 7) is 6.02. The number of hydrogen-bond acceptors (Lipinski definition) is 2. The van der Waals surface area contributed by atoms with Gasteiger partial charge in [0.05, 0.1) is 6.04 Å². The van der Waals surface area contributed by atoms with E-state index in [9.17, 15) is 8.78 Å². The zero-order valence-corrected chi connectivity index (χ0v) is 12.4. The Hall–Kier alpha value is -1.94. The van der Waals surface area contributed by atoms with Crippen LogP contribution in [0.4, 0.5) is 8.78 Å². The molecule has 0 saturated carbocycles. The van der Waals surface area contributed by atoms with Gasteiger partial charge in [-0.3, -0.25) is 0 Å². The van der Waals surface area contributed by atoms with Crippen molar-refractivity contribution in [3.8, 4) is 5.75 Å². The number of aryl methyl sites for hydroxylation is 2. The van der Waals surface area contributed by atoms with Gasteiger partial charge in [0.15, 0.2) is 11.6 Å². The van der Waals surface area contributed by atoms with Crippen molar-refractivity contribution in [1.82, 2.24) is 0 Å². The predicted octanol–water partition coefficient (Wildman–Crippen LogP) is 3.97. The third-order valence-electron chi connectivity index (χ3n) is 3.56. The Morgan fingerprint density at radius 1 is 1.14 bits per heavy atom. The van der Waals surface area contributed by atoms with Crippen molar-refractivity contribution >= 4 is 0 Å². The molecule has 2 aromatic rings. The quantitative estimate of drug-likeness (QED) is 0.925. The zero-order valence-electron chi connectivity index (χ0n) is 12.4. The molecule has 2 aromatic carbocycles. The molecular formula is C17H19F2NO. The van der Waals surface area contributed by atoms with Crippen LogP contribution < -0.4 is 10.5 Å². The maximum atomic E-state index is 13.7. The fraction of sp³-hybridized carbons (Fsp3) is 0.294. The van der Waals surface area contributed by atoms with Crippen LogP contribution in [0.1, 0.15) is 28.3 Å². The first-order valence-electron chi connectivity index (χ1n) is 6.80. The Balaban J connectivity index is 2.15. The first kappa shape index (κ1) is 15.4. The molecule has 0 aliphatic rings. The Kier molecular flexibility index (Phi) is 4.58. The van der Waals surface area contributed by atoms with Gasteiger partial charge in [0.25, 0.3) is 0 Å². The topological polar surface area (TPSA) is 35.2 Å². The van der Waals surface area contributed by atoms with E-state index in [0.717, 1.165) is 28.5 Å². The number of halogens is 2. The van der Waals surface area contributed by atoms with Gasteiger partial charge in [0.2, 0.25) is 0 Å². The number of rotatable bonds is 4. The number of hydrogen-bond donors (Lipinski definition) is 1. The number of nitrogens with two attached hydrogens (primary N) is 1. The van der Waals surface area contributed by atoms with Gasteiger partial charge in [-0.1, -0.05) is 18.2 Å². The highest BCUT2D eigenvalue weighted by molar-refractivity contribution is 5.42. The predicted molar refractivity (Wildman–Crippen MR) is 79.4 cm³/mol. The van der Waals surface area contributed by atoms with E-state index in [2.05, 4.69) is 6.07 Å². The van der Waals surface area contributed by atoms with Gasteiger partial charge in [-0.05, 0) is 49.6 Å². The average Bonchev–Trinajstić information content (AvgIpc) is 2.43. The second kappa shape index (κ2) is 6.22. The molecule has 0 aliphatic carbocycles. The second-order valence-corrected chi connectivity index (χ2v) is 5.27. The largest absolute Gasteiger partial charge is 0.491 e. The van der Waals surface area contributed by atoms with Crippen molar-refractivity contribution < 1.29 is 13.5 Å². The maximum Gasteiger partial charge on any atom is 0.163 e. The Labute approximate surface area is 123 Å². The molecule has 2 rings (SSSR count). The molecule has 0 bridgehead atoms. The molecule has 0 aliphatic heterocycles. The number of benzene rings is 2. The van der Waals surface area contributed by atoms with Crippen LogP contribution in [-0.4, -0.2) is 6.61 Å². The van der Waals surface area contributed by atoms with Crippen molar-refractivity contribution in [3.05, 3.63) is 64.2 Å². The third-order valence-corrected chi connectivity index (χ3v) is 3.56. The smallest absolute Gasteiger partial charge is 0.163 e. The van der Waals surface area contributed by atoms with Gasteiger partial charge in [0, 0.05) is 5.56 Å². The lowest BCUT2D eigenvalue weighted by atomic mass is 10.1. The molecule has 4 heteroatoms. The van der Waals surface area contributed by atoms with Gasteiger partial charge >= 0.3 is 0 Å². The maximum absolute atomic E-state index is 13.7. The summed E-state index contributed by atoms with van der Waals surface area (Å²) in [5.41, 5.74) is 9.25. The third kappa shape index (κ3) is 3.39. The monoisotopic (exact) mass is 291 g/mol. The SMILES string of the molecule is Cc1cc(C)c(C)c(OCC(N)c2cccc(F)c2F)c1. The highest BCUT2D eigenvalue weighted by Gasteiger charge is 2.16. The lowest BCUT2D eigenvalue weighted by molar-refractivity contribution is 0.284. The highest BCUT2D eigenvalue weighted by atomic mass is 19.2. The van der Waals surface area contributed by atoms with E-state index in [-0.39, 0.29) is 12.2 Å². The van der Waals surface area contributed by atoms with Crippen molar-refractivity contribution in [1.29, 1.82) is 0 Å². The lowest BCUT2D eigenvalue weighted by Crippen LogP contribution is -2.21. The summed E-state index contributed by atoms with van der Waals surface area (Å²) in [6.07, 6.45) is 0. The molecule has 2 N–H and O–H groups in total. The Morgan fingerprint density at radius 3 is 2.57 bits per heavy atom. The second-order valence-electron chi connectivity index (χ2n) is 5.27. The van der Waals surface area contributed by atoms with Crippen molar-refractivity contribution in [3.63, 3.8) is 0 Å². The van der Waals surface area contributed by atoms with E-state index in [0.29, 0.717) is 0 Å². The Morgan fingerprint density at radius 2 is 1.86 bits per heavy atom. The molecule has 112 valence electrons. The first-order valence-corrected chi connectivity index (χ1v) is 6.80. The van der Waals surface area contributed by atoms with Crippen LogP contribution in [-0.2, 0) is 0 Å². The summed E-state index contributed by atoms with van der Waals surface area (Å²) >= 11 is 0. The van der Waals surface area contributed by atoms with E-state index in [4.69, 9.17) is 10.5 Å². The van der Waals surface area contributed by atoms with E-state index >= 15 is 0 Å². The van der Waals surface area contributed by atoms with E-state index in [1.54, 1.807) is 0 Å². The van der Waals surface area contributed by atoms with E-state index in [1.165, 1.54) is 12.1 Å². The number of ether oxygens (including phenoxy) is 1. The highest BCUT2D eigenvalue weighted by Crippen LogP contribution is 2.25. The van der Waals surface area contributed by atoms with Crippen LogP contribution in [0.5, 0.6) is 5.75 Å². The zero-order chi connectivity index (χ0) is 15.6. The fourth-order valence-electron chi connectivity index (χ4n) is 2.23. The van der Waals surface area contributed by atoms with Gasteiger partial charge < -0.3 is 10.5 Å². The molecule has 1 atom stereocenters.